The lowest BCUT2D eigenvalue weighted by atomic mass is 10.1. The number of carbonyl (C=O) groups is 1. The van der Waals surface area contributed by atoms with Gasteiger partial charge in [-0.15, -0.1) is 0 Å². The van der Waals surface area contributed by atoms with Gasteiger partial charge in [0.05, 0.1) is 0 Å². The molecule has 1 fully saturated rings. The summed E-state index contributed by atoms with van der Waals surface area (Å²) in [5.41, 5.74) is 0.622. The maximum absolute atomic E-state index is 12.8. The highest BCUT2D eigenvalue weighted by Crippen LogP contribution is 2.12. The third-order valence-corrected chi connectivity index (χ3v) is 3.74. The summed E-state index contributed by atoms with van der Waals surface area (Å²) in [7, 11) is 0. The van der Waals surface area contributed by atoms with E-state index in [2.05, 4.69) is 4.90 Å². The van der Waals surface area contributed by atoms with Gasteiger partial charge in [0.25, 0.3) is 0 Å². The number of carbonyl (C=O) groups excluding carboxylic acids is 1. The number of Topliss-reactive ketones (excluding diaryl/α,β-unsaturated/α-hetero) is 1. The Bertz CT molecular complexity index is 394. The summed E-state index contributed by atoms with van der Waals surface area (Å²) < 4.78 is 12.8. The van der Waals surface area contributed by atoms with Gasteiger partial charge in [-0.3, -0.25) is 4.79 Å². The van der Waals surface area contributed by atoms with Gasteiger partial charge in [-0.25, -0.2) is 4.39 Å². The molecular weight excluding hydrogens is 241 g/mol. The van der Waals surface area contributed by atoms with E-state index >= 15 is 0 Å². The summed E-state index contributed by atoms with van der Waals surface area (Å²) in [6.07, 6.45) is 6.70. The molecule has 2 nitrogen and oxygen atoms in total. The number of halogens is 1. The van der Waals surface area contributed by atoms with Crippen LogP contribution in [0.4, 0.5) is 4.39 Å². The molecule has 19 heavy (non-hydrogen) atoms. The maximum Gasteiger partial charge on any atom is 0.162 e. The Morgan fingerprint density at radius 3 is 2.32 bits per heavy atom. The van der Waals surface area contributed by atoms with Gasteiger partial charge < -0.3 is 4.90 Å². The fourth-order valence-corrected chi connectivity index (χ4v) is 2.60. The zero-order chi connectivity index (χ0) is 13.5. The molecule has 0 aromatic heterocycles. The monoisotopic (exact) mass is 263 g/mol. The molecule has 0 bridgehead atoms. The van der Waals surface area contributed by atoms with Crippen molar-refractivity contribution in [1.29, 1.82) is 0 Å². The molecule has 0 aliphatic carbocycles. The molecule has 1 heterocycles. The molecular formula is C16H22FNO. The van der Waals surface area contributed by atoms with Crippen molar-refractivity contribution in [1.82, 2.24) is 4.90 Å². The first kappa shape index (κ1) is 14.2. The molecule has 1 saturated heterocycles. The van der Waals surface area contributed by atoms with Crippen molar-refractivity contribution in [3.63, 3.8) is 0 Å². The van der Waals surface area contributed by atoms with Crippen LogP contribution in [0.1, 0.15) is 48.9 Å². The number of rotatable bonds is 5. The summed E-state index contributed by atoms with van der Waals surface area (Å²) in [6.45, 7) is 3.35. The predicted octanol–water partition coefficient (Wildman–Crippen LogP) is 3.66. The number of hydrogen-bond donors (Lipinski definition) is 0. The van der Waals surface area contributed by atoms with E-state index in [1.807, 2.05) is 0 Å². The molecule has 0 unspecified atom stereocenters. The lowest BCUT2D eigenvalue weighted by Crippen LogP contribution is -2.26. The lowest BCUT2D eigenvalue weighted by Gasteiger charge is -2.19. The van der Waals surface area contributed by atoms with Crippen molar-refractivity contribution < 1.29 is 9.18 Å². The van der Waals surface area contributed by atoms with Gasteiger partial charge in [-0.05, 0) is 63.2 Å². The quantitative estimate of drug-likeness (QED) is 0.756. The third-order valence-electron chi connectivity index (χ3n) is 3.74. The Kier molecular flexibility index (Phi) is 5.52. The summed E-state index contributed by atoms with van der Waals surface area (Å²) in [5.74, 6) is -0.170. The molecule has 0 amide bonds. The molecule has 1 aromatic carbocycles. The van der Waals surface area contributed by atoms with Gasteiger partial charge in [0.15, 0.2) is 5.78 Å². The SMILES string of the molecule is O=C(CCCN1CCCCCC1)c1ccc(F)cc1. The topological polar surface area (TPSA) is 20.3 Å². The van der Waals surface area contributed by atoms with E-state index in [1.165, 1.54) is 50.9 Å². The van der Waals surface area contributed by atoms with E-state index < -0.39 is 0 Å². The Morgan fingerprint density at radius 2 is 1.68 bits per heavy atom. The predicted molar refractivity (Wildman–Crippen MR) is 74.9 cm³/mol. The normalized spacial score (nSPS) is 17.1. The molecule has 0 radical (unpaired) electrons. The van der Waals surface area contributed by atoms with Crippen LogP contribution in [0, 0.1) is 5.82 Å². The zero-order valence-electron chi connectivity index (χ0n) is 11.4. The van der Waals surface area contributed by atoms with Crippen molar-refractivity contribution in [3.05, 3.63) is 35.6 Å². The van der Waals surface area contributed by atoms with Crippen molar-refractivity contribution in [3.8, 4) is 0 Å². The van der Waals surface area contributed by atoms with Gasteiger partial charge in [0.1, 0.15) is 5.82 Å². The van der Waals surface area contributed by atoms with Crippen LogP contribution in [0.5, 0.6) is 0 Å². The Hall–Kier alpha value is -1.22. The second kappa shape index (κ2) is 7.39. The first-order valence-corrected chi connectivity index (χ1v) is 7.27. The molecule has 1 aromatic rings. The first-order chi connectivity index (χ1) is 9.25. The molecule has 0 atom stereocenters. The van der Waals surface area contributed by atoms with Gasteiger partial charge in [-0.2, -0.15) is 0 Å². The van der Waals surface area contributed by atoms with Crippen LogP contribution in [0.15, 0.2) is 24.3 Å². The number of benzene rings is 1. The molecule has 104 valence electrons. The highest BCUT2D eigenvalue weighted by Gasteiger charge is 2.10. The van der Waals surface area contributed by atoms with Crippen molar-refractivity contribution in [2.75, 3.05) is 19.6 Å². The molecule has 0 N–H and O–H groups in total. The summed E-state index contributed by atoms with van der Waals surface area (Å²) >= 11 is 0. The van der Waals surface area contributed by atoms with E-state index in [1.54, 1.807) is 12.1 Å². The Balaban J connectivity index is 1.72. The van der Waals surface area contributed by atoms with E-state index in [0.29, 0.717) is 12.0 Å². The van der Waals surface area contributed by atoms with E-state index in [9.17, 15) is 9.18 Å². The Labute approximate surface area is 114 Å². The fraction of sp³-hybridized carbons (Fsp3) is 0.562. The highest BCUT2D eigenvalue weighted by molar-refractivity contribution is 5.95. The molecule has 1 aliphatic heterocycles. The second-order valence-corrected chi connectivity index (χ2v) is 5.29. The van der Waals surface area contributed by atoms with Crippen molar-refractivity contribution >= 4 is 5.78 Å². The van der Waals surface area contributed by atoms with Gasteiger partial charge in [0, 0.05) is 12.0 Å². The lowest BCUT2D eigenvalue weighted by molar-refractivity contribution is 0.0975. The largest absolute Gasteiger partial charge is 0.303 e. The van der Waals surface area contributed by atoms with Crippen LogP contribution in [-0.2, 0) is 0 Å². The van der Waals surface area contributed by atoms with Crippen LogP contribution in [0.3, 0.4) is 0 Å². The number of hydrogen-bond acceptors (Lipinski definition) is 2. The van der Waals surface area contributed by atoms with E-state index in [0.717, 1.165) is 13.0 Å². The van der Waals surface area contributed by atoms with Gasteiger partial charge >= 0.3 is 0 Å². The summed E-state index contributed by atoms with van der Waals surface area (Å²) in [4.78, 5) is 14.4. The molecule has 0 spiro atoms. The summed E-state index contributed by atoms with van der Waals surface area (Å²) in [5, 5.41) is 0. The standard InChI is InChI=1S/C16H22FNO/c17-15-9-7-14(8-10-15)16(19)6-5-13-18-11-3-1-2-4-12-18/h7-10H,1-6,11-13H2. The average molecular weight is 263 g/mol. The minimum absolute atomic E-state index is 0.120. The van der Waals surface area contributed by atoms with Gasteiger partial charge in [-0.1, -0.05) is 12.8 Å². The van der Waals surface area contributed by atoms with Crippen LogP contribution in [0.25, 0.3) is 0 Å². The van der Waals surface area contributed by atoms with E-state index in [4.69, 9.17) is 0 Å². The summed E-state index contributed by atoms with van der Waals surface area (Å²) in [6, 6.07) is 5.84. The number of likely N-dealkylation sites (tertiary alicyclic amines) is 1. The average Bonchev–Trinajstić information content (AvgIpc) is 2.68. The van der Waals surface area contributed by atoms with Crippen molar-refractivity contribution in [2.45, 2.75) is 38.5 Å². The third kappa shape index (κ3) is 4.75. The molecule has 0 saturated carbocycles. The maximum atomic E-state index is 12.8. The van der Waals surface area contributed by atoms with Crippen molar-refractivity contribution in [2.24, 2.45) is 0 Å². The minimum Gasteiger partial charge on any atom is -0.303 e. The molecule has 3 heteroatoms. The van der Waals surface area contributed by atoms with Crippen LogP contribution in [-0.4, -0.2) is 30.3 Å². The number of nitrogens with zero attached hydrogens (tertiary/aromatic N) is 1. The van der Waals surface area contributed by atoms with Crippen LogP contribution in [0.2, 0.25) is 0 Å². The highest BCUT2D eigenvalue weighted by atomic mass is 19.1. The Morgan fingerprint density at radius 1 is 1.05 bits per heavy atom. The fourth-order valence-electron chi connectivity index (χ4n) is 2.60. The van der Waals surface area contributed by atoms with E-state index in [-0.39, 0.29) is 11.6 Å². The van der Waals surface area contributed by atoms with Crippen LogP contribution >= 0.6 is 0 Å². The molecule has 2 rings (SSSR count). The minimum atomic E-state index is -0.291. The second-order valence-electron chi connectivity index (χ2n) is 5.29. The van der Waals surface area contributed by atoms with Gasteiger partial charge in [0.2, 0.25) is 0 Å². The van der Waals surface area contributed by atoms with Crippen LogP contribution < -0.4 is 0 Å². The smallest absolute Gasteiger partial charge is 0.162 e. The first-order valence-electron chi connectivity index (χ1n) is 7.27. The zero-order valence-corrected chi connectivity index (χ0v) is 11.4. The number of ketones is 1. The molecule has 1 aliphatic rings.